The number of nitrogens with one attached hydrogen (secondary N) is 2. The number of aromatic amines is 1. The summed E-state index contributed by atoms with van der Waals surface area (Å²) in [4.78, 5) is 12.3. The summed E-state index contributed by atoms with van der Waals surface area (Å²) in [5.74, 6) is 0.418. The molecule has 0 saturated heterocycles. The lowest BCUT2D eigenvalue weighted by Gasteiger charge is -2.07. The minimum Gasteiger partial charge on any atom is -0.508 e. The molecule has 3 N–H and O–H groups in total. The molecule has 1 aromatic heterocycles. The lowest BCUT2D eigenvalue weighted by Crippen LogP contribution is -2.17. The molecule has 7 heteroatoms. The SMILES string of the molecule is O=C(NN=Cc1cccc(O)c1)c1cc(-c2cccc(OCc3ccccc3)c2)n[nH]1. The molecule has 0 unspecified atom stereocenters. The van der Waals surface area contributed by atoms with Crippen molar-refractivity contribution in [2.75, 3.05) is 0 Å². The predicted molar refractivity (Wildman–Crippen MR) is 118 cm³/mol. The number of carbonyl (C=O) groups excluding carboxylic acids is 1. The number of benzene rings is 3. The van der Waals surface area contributed by atoms with E-state index < -0.39 is 5.91 Å². The largest absolute Gasteiger partial charge is 0.508 e. The number of carbonyl (C=O) groups is 1. The van der Waals surface area contributed by atoms with Crippen molar-refractivity contribution >= 4 is 12.1 Å². The van der Waals surface area contributed by atoms with Crippen LogP contribution in [0.15, 0.2) is 90.0 Å². The molecular formula is C24H20N4O3. The maximum atomic E-state index is 12.3. The smallest absolute Gasteiger partial charge is 0.289 e. The molecule has 0 aliphatic carbocycles. The number of rotatable bonds is 7. The molecule has 154 valence electrons. The summed E-state index contributed by atoms with van der Waals surface area (Å²) in [5.41, 5.74) is 5.90. The van der Waals surface area contributed by atoms with E-state index >= 15 is 0 Å². The molecule has 1 amide bonds. The maximum Gasteiger partial charge on any atom is 0.289 e. The fourth-order valence-electron chi connectivity index (χ4n) is 2.90. The van der Waals surface area contributed by atoms with E-state index in [4.69, 9.17) is 4.74 Å². The van der Waals surface area contributed by atoms with Crippen molar-refractivity contribution in [3.05, 3.63) is 102 Å². The van der Waals surface area contributed by atoms with E-state index in [9.17, 15) is 9.90 Å². The van der Waals surface area contributed by atoms with Crippen LogP contribution in [0.2, 0.25) is 0 Å². The molecular weight excluding hydrogens is 392 g/mol. The van der Waals surface area contributed by atoms with Crippen LogP contribution in [0.25, 0.3) is 11.3 Å². The summed E-state index contributed by atoms with van der Waals surface area (Å²) in [6.07, 6.45) is 1.45. The van der Waals surface area contributed by atoms with Crippen molar-refractivity contribution in [2.24, 2.45) is 5.10 Å². The average molecular weight is 412 g/mol. The van der Waals surface area contributed by atoms with Gasteiger partial charge in [0.15, 0.2) is 0 Å². The zero-order valence-corrected chi connectivity index (χ0v) is 16.5. The highest BCUT2D eigenvalue weighted by molar-refractivity contribution is 5.94. The predicted octanol–water partition coefficient (Wildman–Crippen LogP) is 4.13. The second kappa shape index (κ2) is 9.41. The highest BCUT2D eigenvalue weighted by Gasteiger charge is 2.11. The summed E-state index contributed by atoms with van der Waals surface area (Å²) in [5, 5.41) is 20.3. The first-order valence-electron chi connectivity index (χ1n) is 9.62. The number of phenolic OH excluding ortho intramolecular Hbond substituents is 1. The Labute approximate surface area is 179 Å². The van der Waals surface area contributed by atoms with Gasteiger partial charge in [-0.05, 0) is 41.5 Å². The molecule has 3 aromatic carbocycles. The normalized spacial score (nSPS) is 10.8. The fourth-order valence-corrected chi connectivity index (χ4v) is 2.90. The van der Waals surface area contributed by atoms with Gasteiger partial charge in [0.05, 0.1) is 11.9 Å². The monoisotopic (exact) mass is 412 g/mol. The molecule has 1 heterocycles. The maximum absolute atomic E-state index is 12.3. The number of aromatic hydroxyl groups is 1. The van der Waals surface area contributed by atoms with Crippen LogP contribution in [0, 0.1) is 0 Å². The molecule has 4 rings (SSSR count). The molecule has 0 bridgehead atoms. The third-order valence-corrected chi connectivity index (χ3v) is 4.45. The molecule has 0 aliphatic heterocycles. The lowest BCUT2D eigenvalue weighted by molar-refractivity contribution is 0.0950. The van der Waals surface area contributed by atoms with E-state index in [0.717, 1.165) is 11.1 Å². The first-order valence-corrected chi connectivity index (χ1v) is 9.62. The number of phenols is 1. The summed E-state index contributed by atoms with van der Waals surface area (Å²) in [6, 6.07) is 25.6. The van der Waals surface area contributed by atoms with Crippen LogP contribution in [-0.2, 0) is 6.61 Å². The quantitative estimate of drug-likeness (QED) is 0.314. The van der Waals surface area contributed by atoms with E-state index in [1.807, 2.05) is 54.6 Å². The van der Waals surface area contributed by atoms with Crippen molar-refractivity contribution < 1.29 is 14.6 Å². The Kier molecular flexibility index (Phi) is 6.04. The van der Waals surface area contributed by atoms with Crippen molar-refractivity contribution in [2.45, 2.75) is 6.61 Å². The Morgan fingerprint density at radius 1 is 1.03 bits per heavy atom. The van der Waals surface area contributed by atoms with Gasteiger partial charge < -0.3 is 9.84 Å². The summed E-state index contributed by atoms with van der Waals surface area (Å²) >= 11 is 0. The molecule has 0 atom stereocenters. The number of nitrogens with zero attached hydrogens (tertiary/aromatic N) is 2. The Hall–Kier alpha value is -4.39. The number of hydrogen-bond acceptors (Lipinski definition) is 5. The van der Waals surface area contributed by atoms with E-state index in [1.54, 1.807) is 24.3 Å². The van der Waals surface area contributed by atoms with Gasteiger partial charge in [-0.3, -0.25) is 9.89 Å². The minimum absolute atomic E-state index is 0.128. The number of ether oxygens (including phenoxy) is 1. The van der Waals surface area contributed by atoms with Gasteiger partial charge in [-0.1, -0.05) is 54.6 Å². The summed E-state index contributed by atoms with van der Waals surface area (Å²) in [6.45, 7) is 0.468. The van der Waals surface area contributed by atoms with E-state index in [1.165, 1.54) is 12.3 Å². The zero-order valence-electron chi connectivity index (χ0n) is 16.5. The number of hydrazone groups is 1. The molecule has 0 aliphatic rings. The minimum atomic E-state index is -0.424. The van der Waals surface area contributed by atoms with Crippen molar-refractivity contribution in [1.82, 2.24) is 15.6 Å². The number of hydrogen-bond donors (Lipinski definition) is 3. The van der Waals surface area contributed by atoms with Crippen LogP contribution in [0.3, 0.4) is 0 Å². The molecule has 0 radical (unpaired) electrons. The second-order valence-corrected chi connectivity index (χ2v) is 6.76. The fraction of sp³-hybridized carbons (Fsp3) is 0.0417. The van der Waals surface area contributed by atoms with Crippen LogP contribution in [0.5, 0.6) is 11.5 Å². The van der Waals surface area contributed by atoms with Crippen molar-refractivity contribution in [3.63, 3.8) is 0 Å². The van der Waals surface area contributed by atoms with Gasteiger partial charge in [0.1, 0.15) is 23.8 Å². The van der Waals surface area contributed by atoms with Crippen molar-refractivity contribution in [3.8, 4) is 22.8 Å². The van der Waals surface area contributed by atoms with Gasteiger partial charge in [0.2, 0.25) is 0 Å². The Bertz CT molecular complexity index is 1200. The van der Waals surface area contributed by atoms with Gasteiger partial charge in [-0.25, -0.2) is 5.43 Å². The summed E-state index contributed by atoms with van der Waals surface area (Å²) < 4.78 is 5.86. The van der Waals surface area contributed by atoms with Crippen LogP contribution in [0.4, 0.5) is 0 Å². The molecule has 4 aromatic rings. The standard InChI is InChI=1S/C24H20N4O3/c29-20-10-4-8-18(12-20)15-25-28-24(30)23-14-22(26-27-23)19-9-5-11-21(13-19)31-16-17-6-2-1-3-7-17/h1-15,29H,16H2,(H,26,27)(H,28,30). The Morgan fingerprint density at radius 3 is 2.71 bits per heavy atom. The second-order valence-electron chi connectivity index (χ2n) is 6.76. The van der Waals surface area contributed by atoms with Crippen LogP contribution >= 0.6 is 0 Å². The van der Waals surface area contributed by atoms with Gasteiger partial charge in [-0.2, -0.15) is 10.2 Å². The zero-order chi connectivity index (χ0) is 21.5. The van der Waals surface area contributed by atoms with E-state index in [2.05, 4.69) is 20.7 Å². The van der Waals surface area contributed by atoms with Gasteiger partial charge >= 0.3 is 0 Å². The molecule has 0 saturated carbocycles. The van der Waals surface area contributed by atoms with Crippen LogP contribution in [0.1, 0.15) is 21.6 Å². The molecule has 0 fully saturated rings. The highest BCUT2D eigenvalue weighted by Crippen LogP contribution is 2.23. The topological polar surface area (TPSA) is 99.6 Å². The molecule has 7 nitrogen and oxygen atoms in total. The van der Waals surface area contributed by atoms with Crippen LogP contribution in [-0.4, -0.2) is 27.4 Å². The van der Waals surface area contributed by atoms with Crippen molar-refractivity contribution in [1.29, 1.82) is 0 Å². The number of amides is 1. The van der Waals surface area contributed by atoms with E-state index in [0.29, 0.717) is 23.6 Å². The Balaban J connectivity index is 1.39. The summed E-state index contributed by atoms with van der Waals surface area (Å²) in [7, 11) is 0. The Morgan fingerprint density at radius 2 is 1.87 bits per heavy atom. The van der Waals surface area contributed by atoms with Gasteiger partial charge in [0, 0.05) is 5.56 Å². The lowest BCUT2D eigenvalue weighted by atomic mass is 10.1. The third-order valence-electron chi connectivity index (χ3n) is 4.45. The molecule has 0 spiro atoms. The third kappa shape index (κ3) is 5.36. The first kappa shape index (κ1) is 19.9. The van der Waals surface area contributed by atoms with Gasteiger partial charge in [0.25, 0.3) is 5.91 Å². The first-order chi connectivity index (χ1) is 15.2. The van der Waals surface area contributed by atoms with Gasteiger partial charge in [-0.15, -0.1) is 0 Å². The number of aromatic nitrogens is 2. The highest BCUT2D eigenvalue weighted by atomic mass is 16.5. The molecule has 31 heavy (non-hydrogen) atoms. The number of H-pyrrole nitrogens is 1. The van der Waals surface area contributed by atoms with Crippen LogP contribution < -0.4 is 10.2 Å². The van der Waals surface area contributed by atoms with E-state index in [-0.39, 0.29) is 11.4 Å². The average Bonchev–Trinajstić information content (AvgIpc) is 3.29.